The molecule has 1 aromatic carbocycles. The van der Waals surface area contributed by atoms with Crippen molar-refractivity contribution in [2.75, 3.05) is 6.54 Å². The van der Waals surface area contributed by atoms with E-state index in [4.69, 9.17) is 5.73 Å². The Morgan fingerprint density at radius 1 is 1.32 bits per heavy atom. The van der Waals surface area contributed by atoms with Crippen LogP contribution in [0.2, 0.25) is 0 Å². The zero-order valence-corrected chi connectivity index (χ0v) is 12.6. The molecule has 1 fully saturated rings. The van der Waals surface area contributed by atoms with Crippen molar-refractivity contribution in [2.24, 2.45) is 11.7 Å². The van der Waals surface area contributed by atoms with Gasteiger partial charge < -0.3 is 10.6 Å². The molecule has 2 N–H and O–H groups in total. The molecule has 0 radical (unpaired) electrons. The Kier molecular flexibility index (Phi) is 5.39. The minimum Gasteiger partial charge on any atom is -0.338 e. The second kappa shape index (κ2) is 6.40. The Balaban J connectivity index is 0.00000180. The number of nitrogens with two attached hydrogens (primary N) is 1. The average molecular weight is 283 g/mol. The van der Waals surface area contributed by atoms with E-state index in [1.165, 1.54) is 5.56 Å². The van der Waals surface area contributed by atoms with E-state index >= 15 is 0 Å². The fraction of sp³-hybridized carbons (Fsp3) is 0.533. The van der Waals surface area contributed by atoms with Crippen molar-refractivity contribution in [2.45, 2.75) is 39.3 Å². The number of aryl methyl sites for hydroxylation is 1. The molecule has 106 valence electrons. The Morgan fingerprint density at radius 2 is 1.89 bits per heavy atom. The van der Waals surface area contributed by atoms with Gasteiger partial charge in [0.2, 0.25) is 5.91 Å². The zero-order valence-electron chi connectivity index (χ0n) is 11.8. The van der Waals surface area contributed by atoms with Crippen LogP contribution in [0.3, 0.4) is 0 Å². The van der Waals surface area contributed by atoms with E-state index in [2.05, 4.69) is 13.8 Å². The summed E-state index contributed by atoms with van der Waals surface area (Å²) in [5.41, 5.74) is 8.17. The van der Waals surface area contributed by atoms with Crippen molar-refractivity contribution in [1.29, 1.82) is 0 Å². The second-order valence-corrected chi connectivity index (χ2v) is 5.43. The van der Waals surface area contributed by atoms with Crippen LogP contribution in [0.25, 0.3) is 0 Å². The number of carbonyl (C=O) groups excluding carboxylic acids is 1. The molecule has 0 aliphatic carbocycles. The Morgan fingerprint density at radius 3 is 2.37 bits per heavy atom. The maximum absolute atomic E-state index is 12.4. The smallest absolute Gasteiger partial charge is 0.244 e. The first-order valence-corrected chi connectivity index (χ1v) is 6.63. The maximum Gasteiger partial charge on any atom is 0.244 e. The summed E-state index contributed by atoms with van der Waals surface area (Å²) in [6.45, 7) is 7.16. The lowest BCUT2D eigenvalue weighted by Crippen LogP contribution is -2.41. The molecule has 3 atom stereocenters. The highest BCUT2D eigenvalue weighted by Crippen LogP contribution is 2.26. The lowest BCUT2D eigenvalue weighted by atomic mass is 10.0. The zero-order chi connectivity index (χ0) is 13.3. The van der Waals surface area contributed by atoms with Crippen molar-refractivity contribution in [3.8, 4) is 0 Å². The molecule has 19 heavy (non-hydrogen) atoms. The van der Waals surface area contributed by atoms with Crippen LogP contribution in [0.5, 0.6) is 0 Å². The number of rotatable bonds is 2. The first kappa shape index (κ1) is 16.0. The van der Waals surface area contributed by atoms with Crippen LogP contribution in [0.15, 0.2) is 24.3 Å². The summed E-state index contributed by atoms with van der Waals surface area (Å²) in [7, 11) is 0. The van der Waals surface area contributed by atoms with E-state index in [-0.39, 0.29) is 18.3 Å². The van der Waals surface area contributed by atoms with E-state index in [1.54, 1.807) is 0 Å². The molecule has 4 heteroatoms. The van der Waals surface area contributed by atoms with Crippen molar-refractivity contribution in [1.82, 2.24) is 4.90 Å². The first-order valence-electron chi connectivity index (χ1n) is 6.63. The number of hydrogen-bond donors (Lipinski definition) is 1. The van der Waals surface area contributed by atoms with Gasteiger partial charge in [-0.2, -0.15) is 0 Å². The molecule has 3 unspecified atom stereocenters. The maximum atomic E-state index is 12.4. The molecule has 1 heterocycles. The van der Waals surface area contributed by atoms with Gasteiger partial charge in [-0.25, -0.2) is 0 Å². The average Bonchev–Trinajstić information content (AvgIpc) is 2.69. The van der Waals surface area contributed by atoms with Crippen molar-refractivity contribution >= 4 is 18.3 Å². The van der Waals surface area contributed by atoms with Crippen LogP contribution in [0.1, 0.15) is 37.4 Å². The van der Waals surface area contributed by atoms with E-state index in [1.807, 2.05) is 36.1 Å². The van der Waals surface area contributed by atoms with Gasteiger partial charge in [0, 0.05) is 12.6 Å². The summed E-state index contributed by atoms with van der Waals surface area (Å²) < 4.78 is 0. The van der Waals surface area contributed by atoms with Gasteiger partial charge in [-0.05, 0) is 31.7 Å². The quantitative estimate of drug-likeness (QED) is 0.906. The number of nitrogens with zero attached hydrogens (tertiary/aromatic N) is 1. The highest BCUT2D eigenvalue weighted by molar-refractivity contribution is 5.85. The van der Waals surface area contributed by atoms with E-state index in [0.717, 1.165) is 18.5 Å². The summed E-state index contributed by atoms with van der Waals surface area (Å²) in [6.07, 6.45) is 1.08. The fourth-order valence-corrected chi connectivity index (χ4v) is 2.50. The van der Waals surface area contributed by atoms with Gasteiger partial charge in [-0.1, -0.05) is 36.8 Å². The molecule has 3 nitrogen and oxygen atoms in total. The predicted molar refractivity (Wildman–Crippen MR) is 80.3 cm³/mol. The number of amides is 1. The highest BCUT2D eigenvalue weighted by atomic mass is 35.5. The van der Waals surface area contributed by atoms with Crippen molar-refractivity contribution in [3.63, 3.8) is 0 Å². The Bertz CT molecular complexity index is 432. The summed E-state index contributed by atoms with van der Waals surface area (Å²) in [5.74, 6) is 0.620. The van der Waals surface area contributed by atoms with Crippen LogP contribution < -0.4 is 5.73 Å². The van der Waals surface area contributed by atoms with Gasteiger partial charge in [-0.3, -0.25) is 4.79 Å². The highest BCUT2D eigenvalue weighted by Gasteiger charge is 2.33. The number of halogens is 1. The number of benzene rings is 1. The lowest BCUT2D eigenvalue weighted by Gasteiger charge is -2.26. The first-order chi connectivity index (χ1) is 8.50. The van der Waals surface area contributed by atoms with Gasteiger partial charge in [0.15, 0.2) is 0 Å². The molecular weight excluding hydrogens is 260 g/mol. The van der Waals surface area contributed by atoms with Crippen LogP contribution in [0, 0.1) is 12.8 Å². The molecule has 1 aliphatic heterocycles. The molecule has 2 rings (SSSR count). The fourth-order valence-electron chi connectivity index (χ4n) is 2.50. The second-order valence-electron chi connectivity index (χ2n) is 5.43. The van der Waals surface area contributed by atoms with Crippen LogP contribution in [-0.2, 0) is 4.79 Å². The minimum absolute atomic E-state index is 0. The largest absolute Gasteiger partial charge is 0.338 e. The third-order valence-electron chi connectivity index (χ3n) is 4.13. The van der Waals surface area contributed by atoms with E-state index in [9.17, 15) is 4.79 Å². The molecule has 1 amide bonds. The lowest BCUT2D eigenvalue weighted by molar-refractivity contribution is -0.133. The van der Waals surface area contributed by atoms with Crippen molar-refractivity contribution in [3.05, 3.63) is 35.4 Å². The van der Waals surface area contributed by atoms with Gasteiger partial charge >= 0.3 is 0 Å². The Hall–Kier alpha value is -1.06. The molecular formula is C15H23ClN2O. The normalized spacial score (nSPS) is 23.9. The molecule has 1 saturated heterocycles. The molecule has 1 aliphatic rings. The summed E-state index contributed by atoms with van der Waals surface area (Å²) in [6, 6.07) is 7.66. The standard InChI is InChI=1S/C15H22N2O.ClH/c1-10-4-6-13(7-5-10)14(16)15(18)17-9-8-11(2)12(17)3;/h4-7,11-12,14H,8-9,16H2,1-3H3;1H. The summed E-state index contributed by atoms with van der Waals surface area (Å²) in [4.78, 5) is 14.3. The summed E-state index contributed by atoms with van der Waals surface area (Å²) >= 11 is 0. The van der Waals surface area contributed by atoms with E-state index < -0.39 is 6.04 Å². The Labute approximate surface area is 121 Å². The third kappa shape index (κ3) is 3.28. The predicted octanol–water partition coefficient (Wildman–Crippen LogP) is 2.67. The van der Waals surface area contributed by atoms with Crippen LogP contribution in [-0.4, -0.2) is 23.4 Å². The number of carbonyl (C=O) groups is 1. The van der Waals surface area contributed by atoms with Gasteiger partial charge in [0.25, 0.3) is 0 Å². The van der Waals surface area contributed by atoms with Gasteiger partial charge in [0.1, 0.15) is 6.04 Å². The number of likely N-dealkylation sites (tertiary alicyclic amines) is 1. The summed E-state index contributed by atoms with van der Waals surface area (Å²) in [5, 5.41) is 0. The van der Waals surface area contributed by atoms with E-state index in [0.29, 0.717) is 12.0 Å². The number of hydrogen-bond acceptors (Lipinski definition) is 2. The topological polar surface area (TPSA) is 46.3 Å². The van der Waals surface area contributed by atoms with Gasteiger partial charge in [0.05, 0.1) is 0 Å². The third-order valence-corrected chi connectivity index (χ3v) is 4.13. The van der Waals surface area contributed by atoms with Gasteiger partial charge in [-0.15, -0.1) is 12.4 Å². The van der Waals surface area contributed by atoms with Crippen LogP contribution in [0.4, 0.5) is 0 Å². The molecule has 0 bridgehead atoms. The monoisotopic (exact) mass is 282 g/mol. The van der Waals surface area contributed by atoms with Crippen molar-refractivity contribution < 1.29 is 4.79 Å². The molecule has 0 aromatic heterocycles. The molecule has 1 aromatic rings. The van der Waals surface area contributed by atoms with Crippen LogP contribution >= 0.6 is 12.4 Å². The molecule has 0 saturated carbocycles. The molecule has 0 spiro atoms. The SMILES string of the molecule is Cc1ccc(C(N)C(=O)N2CCC(C)C2C)cc1.Cl. The minimum atomic E-state index is -0.529.